The third kappa shape index (κ3) is 8.12. The fourth-order valence-corrected chi connectivity index (χ4v) is 2.67. The van der Waals surface area contributed by atoms with Gasteiger partial charge in [-0.2, -0.15) is 0 Å². The van der Waals surface area contributed by atoms with Crippen LogP contribution in [-0.2, 0) is 0 Å². The molecule has 2 N–H and O–H groups in total. The maximum atomic E-state index is 5.72. The maximum absolute atomic E-state index is 5.72. The Morgan fingerprint density at radius 3 is 2.32 bits per heavy atom. The Hall–Kier alpha value is -1.95. The minimum Gasteiger partial charge on any atom is -0.497 e. The van der Waals surface area contributed by atoms with E-state index in [0.717, 1.165) is 30.5 Å². The Balaban J connectivity index is 2.28. The molecule has 0 atom stereocenters. The number of benzene rings is 1. The summed E-state index contributed by atoms with van der Waals surface area (Å²) < 4.78 is 10.9. The molecule has 0 aromatic heterocycles. The SMILES string of the molecule is CN=C(NCCOc1cccc(OC)c1)NCCN(C(C)C)C(C)C. The monoisotopic (exact) mass is 350 g/mol. The highest BCUT2D eigenvalue weighted by Gasteiger charge is 2.12. The van der Waals surface area contributed by atoms with Gasteiger partial charge in [-0.15, -0.1) is 0 Å². The highest BCUT2D eigenvalue weighted by atomic mass is 16.5. The van der Waals surface area contributed by atoms with Gasteiger partial charge in [0.2, 0.25) is 0 Å². The molecule has 0 aliphatic rings. The Morgan fingerprint density at radius 1 is 1.08 bits per heavy atom. The topological polar surface area (TPSA) is 58.1 Å². The van der Waals surface area contributed by atoms with Gasteiger partial charge in [0.15, 0.2) is 5.96 Å². The van der Waals surface area contributed by atoms with E-state index in [9.17, 15) is 0 Å². The summed E-state index contributed by atoms with van der Waals surface area (Å²) in [7, 11) is 3.43. The lowest BCUT2D eigenvalue weighted by Crippen LogP contribution is -2.45. The van der Waals surface area contributed by atoms with Gasteiger partial charge in [-0.3, -0.25) is 9.89 Å². The fraction of sp³-hybridized carbons (Fsp3) is 0.632. The number of nitrogens with zero attached hydrogens (tertiary/aromatic N) is 2. The lowest BCUT2D eigenvalue weighted by Gasteiger charge is -2.30. The molecule has 142 valence electrons. The van der Waals surface area contributed by atoms with Crippen molar-refractivity contribution in [3.8, 4) is 11.5 Å². The molecule has 0 heterocycles. The van der Waals surface area contributed by atoms with Crippen molar-refractivity contribution < 1.29 is 9.47 Å². The minimum absolute atomic E-state index is 0.535. The second kappa shape index (κ2) is 11.6. The van der Waals surface area contributed by atoms with E-state index in [4.69, 9.17) is 9.47 Å². The summed E-state index contributed by atoms with van der Waals surface area (Å²) in [5.41, 5.74) is 0. The predicted molar refractivity (Wildman–Crippen MR) is 105 cm³/mol. The summed E-state index contributed by atoms with van der Waals surface area (Å²) in [6.45, 7) is 12.0. The zero-order chi connectivity index (χ0) is 18.7. The average molecular weight is 351 g/mol. The Bertz CT molecular complexity index is 510. The Morgan fingerprint density at radius 2 is 1.72 bits per heavy atom. The Labute approximate surface area is 152 Å². The molecule has 6 nitrogen and oxygen atoms in total. The standard InChI is InChI=1S/C19H34N4O2/c1-15(2)23(16(3)4)12-10-21-19(20-5)22-11-13-25-18-9-7-8-17(14-18)24-6/h7-9,14-16H,10-13H2,1-6H3,(H2,20,21,22). The first kappa shape index (κ1) is 21.1. The predicted octanol–water partition coefficient (Wildman–Crippen LogP) is 2.36. The zero-order valence-electron chi connectivity index (χ0n) is 16.5. The lowest BCUT2D eigenvalue weighted by atomic mass is 10.2. The van der Waals surface area contributed by atoms with Crippen molar-refractivity contribution in [3.05, 3.63) is 24.3 Å². The van der Waals surface area contributed by atoms with Crippen LogP contribution in [0.2, 0.25) is 0 Å². The van der Waals surface area contributed by atoms with Crippen molar-refractivity contribution in [1.82, 2.24) is 15.5 Å². The van der Waals surface area contributed by atoms with Crippen LogP contribution in [0.5, 0.6) is 11.5 Å². The average Bonchev–Trinajstić information content (AvgIpc) is 2.59. The fourth-order valence-electron chi connectivity index (χ4n) is 2.67. The van der Waals surface area contributed by atoms with Crippen LogP contribution in [0.1, 0.15) is 27.7 Å². The van der Waals surface area contributed by atoms with E-state index in [0.29, 0.717) is 25.2 Å². The van der Waals surface area contributed by atoms with E-state index in [2.05, 4.69) is 48.2 Å². The van der Waals surface area contributed by atoms with E-state index < -0.39 is 0 Å². The largest absolute Gasteiger partial charge is 0.497 e. The number of methoxy groups -OCH3 is 1. The van der Waals surface area contributed by atoms with Crippen molar-refractivity contribution in [3.63, 3.8) is 0 Å². The molecule has 0 saturated heterocycles. The number of aliphatic imine (C=N–C) groups is 1. The molecule has 1 rings (SSSR count). The molecule has 0 bridgehead atoms. The smallest absolute Gasteiger partial charge is 0.191 e. The van der Waals surface area contributed by atoms with E-state index in [1.807, 2.05) is 24.3 Å². The van der Waals surface area contributed by atoms with Gasteiger partial charge in [0.05, 0.1) is 13.7 Å². The summed E-state index contributed by atoms with van der Waals surface area (Å²) in [4.78, 5) is 6.70. The molecule has 0 amide bonds. The molecule has 1 aromatic rings. The molecule has 0 aliphatic carbocycles. The van der Waals surface area contributed by atoms with Crippen LogP contribution in [0, 0.1) is 0 Å². The number of nitrogens with one attached hydrogen (secondary N) is 2. The quantitative estimate of drug-likeness (QED) is 0.385. The highest BCUT2D eigenvalue weighted by Crippen LogP contribution is 2.18. The summed E-state index contributed by atoms with van der Waals surface area (Å²) in [6, 6.07) is 8.67. The van der Waals surface area contributed by atoms with E-state index in [-0.39, 0.29) is 0 Å². The molecule has 0 spiro atoms. The van der Waals surface area contributed by atoms with E-state index in [1.165, 1.54) is 0 Å². The van der Waals surface area contributed by atoms with Crippen molar-refractivity contribution in [2.45, 2.75) is 39.8 Å². The second-order valence-corrected chi connectivity index (χ2v) is 6.38. The highest BCUT2D eigenvalue weighted by molar-refractivity contribution is 5.79. The van der Waals surface area contributed by atoms with Gasteiger partial charge in [-0.1, -0.05) is 6.07 Å². The van der Waals surface area contributed by atoms with Gasteiger partial charge >= 0.3 is 0 Å². The molecule has 6 heteroatoms. The molecule has 0 radical (unpaired) electrons. The zero-order valence-corrected chi connectivity index (χ0v) is 16.5. The molecule has 0 fully saturated rings. The Kier molecular flexibility index (Phi) is 9.77. The summed E-state index contributed by atoms with van der Waals surface area (Å²) >= 11 is 0. The van der Waals surface area contributed by atoms with Gasteiger partial charge in [0.25, 0.3) is 0 Å². The summed E-state index contributed by atoms with van der Waals surface area (Å²) in [5.74, 6) is 2.39. The molecule has 0 saturated carbocycles. The normalized spacial score (nSPS) is 12.0. The maximum Gasteiger partial charge on any atom is 0.191 e. The van der Waals surface area contributed by atoms with E-state index >= 15 is 0 Å². The van der Waals surface area contributed by atoms with Crippen LogP contribution >= 0.6 is 0 Å². The molecule has 25 heavy (non-hydrogen) atoms. The van der Waals surface area contributed by atoms with Crippen LogP contribution in [0.3, 0.4) is 0 Å². The molecular formula is C19H34N4O2. The van der Waals surface area contributed by atoms with Crippen LogP contribution in [-0.4, -0.2) is 63.3 Å². The second-order valence-electron chi connectivity index (χ2n) is 6.38. The third-order valence-electron chi connectivity index (χ3n) is 3.92. The molecule has 0 unspecified atom stereocenters. The van der Waals surface area contributed by atoms with Crippen molar-refractivity contribution >= 4 is 5.96 Å². The van der Waals surface area contributed by atoms with Gasteiger partial charge in [-0.05, 0) is 39.8 Å². The van der Waals surface area contributed by atoms with Crippen LogP contribution in [0.25, 0.3) is 0 Å². The van der Waals surface area contributed by atoms with Crippen molar-refractivity contribution in [2.24, 2.45) is 4.99 Å². The van der Waals surface area contributed by atoms with Gasteiger partial charge in [0, 0.05) is 38.3 Å². The summed E-state index contributed by atoms with van der Waals surface area (Å²) in [6.07, 6.45) is 0. The third-order valence-corrected chi connectivity index (χ3v) is 3.92. The first-order valence-electron chi connectivity index (χ1n) is 8.95. The molecule has 0 aliphatic heterocycles. The number of hydrogen-bond donors (Lipinski definition) is 2. The van der Waals surface area contributed by atoms with Gasteiger partial charge < -0.3 is 20.1 Å². The van der Waals surface area contributed by atoms with Gasteiger partial charge in [-0.25, -0.2) is 0 Å². The van der Waals surface area contributed by atoms with Crippen LogP contribution in [0.15, 0.2) is 29.3 Å². The summed E-state index contributed by atoms with van der Waals surface area (Å²) in [5, 5.41) is 6.61. The van der Waals surface area contributed by atoms with Crippen molar-refractivity contribution in [2.75, 3.05) is 40.4 Å². The molecule has 1 aromatic carbocycles. The van der Waals surface area contributed by atoms with Crippen LogP contribution in [0.4, 0.5) is 0 Å². The first-order chi connectivity index (χ1) is 12.0. The lowest BCUT2D eigenvalue weighted by molar-refractivity contribution is 0.178. The number of hydrogen-bond acceptors (Lipinski definition) is 4. The minimum atomic E-state index is 0.535. The van der Waals surface area contributed by atoms with E-state index in [1.54, 1.807) is 14.2 Å². The number of rotatable bonds is 10. The number of guanidine groups is 1. The first-order valence-corrected chi connectivity index (χ1v) is 8.95. The number of ether oxygens (including phenoxy) is 2. The van der Waals surface area contributed by atoms with Crippen LogP contribution < -0.4 is 20.1 Å². The van der Waals surface area contributed by atoms with Crippen molar-refractivity contribution in [1.29, 1.82) is 0 Å². The molecular weight excluding hydrogens is 316 g/mol. The van der Waals surface area contributed by atoms with Gasteiger partial charge in [0.1, 0.15) is 18.1 Å².